The quantitative estimate of drug-likeness (QED) is 0.518. The highest BCUT2D eigenvalue weighted by Crippen LogP contribution is 2.31. The number of ether oxygens (including phenoxy) is 2. The van der Waals surface area contributed by atoms with Gasteiger partial charge in [-0.1, -0.05) is 27.7 Å². The van der Waals surface area contributed by atoms with Gasteiger partial charge in [-0.25, -0.2) is 4.79 Å². The Morgan fingerprint density at radius 1 is 1.06 bits per heavy atom. The summed E-state index contributed by atoms with van der Waals surface area (Å²) in [5, 5.41) is 0. The first kappa shape index (κ1) is 14.9. The standard InChI is InChI=1S/C12H22O4/c1-8(2)12(9(3)4,15-7-13)11(14)16-10(5)6/h7-10H,1-6H3. The van der Waals surface area contributed by atoms with Crippen molar-refractivity contribution in [3.63, 3.8) is 0 Å². The molecule has 4 nitrogen and oxygen atoms in total. The van der Waals surface area contributed by atoms with Crippen molar-refractivity contribution in [1.29, 1.82) is 0 Å². The molecule has 0 heterocycles. The molecule has 0 bridgehead atoms. The van der Waals surface area contributed by atoms with Crippen molar-refractivity contribution in [3.05, 3.63) is 0 Å². The minimum Gasteiger partial charge on any atom is -0.460 e. The van der Waals surface area contributed by atoms with Gasteiger partial charge in [0.1, 0.15) is 0 Å². The van der Waals surface area contributed by atoms with Crippen LogP contribution in [-0.4, -0.2) is 24.1 Å². The molecule has 0 fully saturated rings. The first-order valence-electron chi connectivity index (χ1n) is 5.61. The van der Waals surface area contributed by atoms with Crippen molar-refractivity contribution in [2.75, 3.05) is 0 Å². The highest BCUT2D eigenvalue weighted by atomic mass is 16.6. The van der Waals surface area contributed by atoms with Crippen molar-refractivity contribution in [2.45, 2.75) is 53.2 Å². The summed E-state index contributed by atoms with van der Waals surface area (Å²) in [6.07, 6.45) is -0.223. The van der Waals surface area contributed by atoms with Gasteiger partial charge in [0.2, 0.25) is 5.60 Å². The molecule has 0 saturated heterocycles. The third-order valence-corrected chi connectivity index (χ3v) is 2.62. The van der Waals surface area contributed by atoms with Gasteiger partial charge in [0, 0.05) is 11.8 Å². The Morgan fingerprint density at radius 3 is 1.75 bits per heavy atom. The zero-order chi connectivity index (χ0) is 12.9. The Bertz CT molecular complexity index is 235. The SMILES string of the molecule is CC(C)OC(=O)C(OC=O)(C(C)C)C(C)C. The average molecular weight is 230 g/mol. The number of hydrogen-bond donors (Lipinski definition) is 0. The second-order valence-electron chi connectivity index (χ2n) is 4.77. The van der Waals surface area contributed by atoms with Crippen LogP contribution in [0.2, 0.25) is 0 Å². The smallest absolute Gasteiger partial charge is 0.351 e. The molecular weight excluding hydrogens is 208 g/mol. The summed E-state index contributed by atoms with van der Waals surface area (Å²) in [5.74, 6) is -0.743. The molecule has 0 atom stereocenters. The van der Waals surface area contributed by atoms with Gasteiger partial charge in [-0.15, -0.1) is 0 Å². The Kier molecular flexibility index (Phi) is 5.48. The monoisotopic (exact) mass is 230 g/mol. The molecule has 94 valence electrons. The van der Waals surface area contributed by atoms with Crippen LogP contribution in [0.5, 0.6) is 0 Å². The van der Waals surface area contributed by atoms with Crippen molar-refractivity contribution in [1.82, 2.24) is 0 Å². The molecular formula is C12H22O4. The van der Waals surface area contributed by atoms with E-state index in [0.29, 0.717) is 6.47 Å². The number of hydrogen-bond acceptors (Lipinski definition) is 4. The highest BCUT2D eigenvalue weighted by Gasteiger charge is 2.48. The van der Waals surface area contributed by atoms with E-state index in [1.807, 2.05) is 27.7 Å². The molecule has 0 rings (SSSR count). The summed E-state index contributed by atoms with van der Waals surface area (Å²) >= 11 is 0. The van der Waals surface area contributed by atoms with Crippen LogP contribution in [0.1, 0.15) is 41.5 Å². The fourth-order valence-electron chi connectivity index (χ4n) is 1.84. The Hall–Kier alpha value is -1.06. The molecule has 0 aromatic rings. The van der Waals surface area contributed by atoms with Gasteiger partial charge in [0.25, 0.3) is 6.47 Å². The minimum absolute atomic E-state index is 0.135. The van der Waals surface area contributed by atoms with E-state index < -0.39 is 11.6 Å². The van der Waals surface area contributed by atoms with Crippen molar-refractivity contribution >= 4 is 12.4 Å². The van der Waals surface area contributed by atoms with E-state index in [-0.39, 0.29) is 17.9 Å². The lowest BCUT2D eigenvalue weighted by molar-refractivity contribution is -0.191. The molecule has 0 aromatic heterocycles. The second kappa shape index (κ2) is 5.87. The molecule has 0 unspecified atom stereocenters. The number of esters is 1. The molecule has 0 spiro atoms. The summed E-state index contributed by atoms with van der Waals surface area (Å²) in [7, 11) is 0. The van der Waals surface area contributed by atoms with E-state index in [9.17, 15) is 9.59 Å². The predicted octanol–water partition coefficient (Wildman–Crippen LogP) is 2.16. The van der Waals surface area contributed by atoms with Crippen molar-refractivity contribution in [2.24, 2.45) is 11.8 Å². The molecule has 0 aliphatic carbocycles. The van der Waals surface area contributed by atoms with E-state index in [1.165, 1.54) is 0 Å². The fraction of sp³-hybridized carbons (Fsp3) is 0.833. The highest BCUT2D eigenvalue weighted by molar-refractivity contribution is 5.81. The predicted molar refractivity (Wildman–Crippen MR) is 60.8 cm³/mol. The summed E-state index contributed by atoms with van der Waals surface area (Å²) in [5.41, 5.74) is -1.19. The number of carbonyl (C=O) groups is 2. The third-order valence-electron chi connectivity index (χ3n) is 2.62. The first-order valence-corrected chi connectivity index (χ1v) is 5.61. The minimum atomic E-state index is -1.19. The lowest BCUT2D eigenvalue weighted by Gasteiger charge is -2.37. The van der Waals surface area contributed by atoms with Gasteiger partial charge in [0.15, 0.2) is 0 Å². The molecule has 0 radical (unpaired) electrons. The Labute approximate surface area is 97.3 Å². The lowest BCUT2D eigenvalue weighted by Crippen LogP contribution is -2.52. The molecule has 0 aliphatic rings. The lowest BCUT2D eigenvalue weighted by atomic mass is 9.80. The molecule has 0 aliphatic heterocycles. The van der Waals surface area contributed by atoms with Gasteiger partial charge in [-0.05, 0) is 13.8 Å². The van der Waals surface area contributed by atoms with Crippen LogP contribution in [0.3, 0.4) is 0 Å². The van der Waals surface area contributed by atoms with E-state index in [0.717, 1.165) is 0 Å². The van der Waals surface area contributed by atoms with Crippen LogP contribution in [0.25, 0.3) is 0 Å². The van der Waals surface area contributed by atoms with Crippen molar-refractivity contribution in [3.8, 4) is 0 Å². The van der Waals surface area contributed by atoms with Crippen molar-refractivity contribution < 1.29 is 19.1 Å². The molecule has 0 N–H and O–H groups in total. The maximum Gasteiger partial charge on any atom is 0.351 e. The van der Waals surface area contributed by atoms with Crippen LogP contribution in [-0.2, 0) is 19.1 Å². The van der Waals surface area contributed by atoms with Gasteiger partial charge in [-0.3, -0.25) is 4.79 Å². The Balaban J connectivity index is 5.16. The van der Waals surface area contributed by atoms with Gasteiger partial charge >= 0.3 is 5.97 Å². The number of rotatable bonds is 6. The summed E-state index contributed by atoms with van der Waals surface area (Å²) in [4.78, 5) is 22.6. The summed E-state index contributed by atoms with van der Waals surface area (Å²) in [6.45, 7) is 11.2. The summed E-state index contributed by atoms with van der Waals surface area (Å²) in [6, 6.07) is 0. The molecule has 0 saturated carbocycles. The van der Waals surface area contributed by atoms with Gasteiger partial charge in [-0.2, -0.15) is 0 Å². The zero-order valence-corrected chi connectivity index (χ0v) is 10.9. The first-order chi connectivity index (χ1) is 7.28. The van der Waals surface area contributed by atoms with Crippen LogP contribution in [0.15, 0.2) is 0 Å². The molecule has 0 aromatic carbocycles. The third kappa shape index (κ3) is 2.97. The molecule has 16 heavy (non-hydrogen) atoms. The maximum absolute atomic E-state index is 12.0. The molecule has 0 amide bonds. The number of carbonyl (C=O) groups excluding carboxylic acids is 2. The van der Waals surface area contributed by atoms with Gasteiger partial charge < -0.3 is 9.47 Å². The largest absolute Gasteiger partial charge is 0.460 e. The maximum atomic E-state index is 12.0. The fourth-order valence-corrected chi connectivity index (χ4v) is 1.84. The topological polar surface area (TPSA) is 52.6 Å². The summed E-state index contributed by atoms with van der Waals surface area (Å²) < 4.78 is 10.2. The van der Waals surface area contributed by atoms with Crippen LogP contribution >= 0.6 is 0 Å². The van der Waals surface area contributed by atoms with Crippen LogP contribution < -0.4 is 0 Å². The van der Waals surface area contributed by atoms with E-state index in [4.69, 9.17) is 9.47 Å². The Morgan fingerprint density at radius 2 is 1.50 bits per heavy atom. The van der Waals surface area contributed by atoms with E-state index >= 15 is 0 Å². The van der Waals surface area contributed by atoms with E-state index in [1.54, 1.807) is 13.8 Å². The van der Waals surface area contributed by atoms with Crippen LogP contribution in [0.4, 0.5) is 0 Å². The zero-order valence-electron chi connectivity index (χ0n) is 10.9. The van der Waals surface area contributed by atoms with Gasteiger partial charge in [0.05, 0.1) is 6.10 Å². The van der Waals surface area contributed by atoms with E-state index in [2.05, 4.69) is 0 Å². The normalized spacial score (nSPS) is 12.1. The van der Waals surface area contributed by atoms with Crippen LogP contribution in [0, 0.1) is 11.8 Å². The second-order valence-corrected chi connectivity index (χ2v) is 4.77. The average Bonchev–Trinajstić information content (AvgIpc) is 2.11. The molecule has 4 heteroatoms.